The summed E-state index contributed by atoms with van der Waals surface area (Å²) in [6, 6.07) is 7.08. The highest BCUT2D eigenvalue weighted by Gasteiger charge is 2.05. The first-order valence-corrected chi connectivity index (χ1v) is 5.53. The zero-order valence-corrected chi connectivity index (χ0v) is 10.3. The summed E-state index contributed by atoms with van der Waals surface area (Å²) < 4.78 is 6.68. The van der Waals surface area contributed by atoms with Crippen molar-refractivity contribution in [2.75, 3.05) is 7.11 Å². The van der Waals surface area contributed by atoms with E-state index in [9.17, 15) is 9.59 Å². The van der Waals surface area contributed by atoms with Gasteiger partial charge >= 0.3 is 5.69 Å². The molecular formula is C13H14N2O3. The van der Waals surface area contributed by atoms with E-state index in [1.54, 1.807) is 7.11 Å². The molecule has 1 heterocycles. The molecule has 5 nitrogen and oxygen atoms in total. The molecule has 94 valence electrons. The van der Waals surface area contributed by atoms with Crippen molar-refractivity contribution in [2.45, 2.75) is 13.5 Å². The molecule has 0 spiro atoms. The predicted octanol–water partition coefficient (Wildman–Crippen LogP) is 0.902. The van der Waals surface area contributed by atoms with Gasteiger partial charge in [-0.2, -0.15) is 0 Å². The zero-order chi connectivity index (χ0) is 13.1. The van der Waals surface area contributed by atoms with E-state index < -0.39 is 11.2 Å². The second kappa shape index (κ2) is 4.91. The van der Waals surface area contributed by atoms with Gasteiger partial charge in [0.2, 0.25) is 0 Å². The molecule has 0 saturated carbocycles. The van der Waals surface area contributed by atoms with E-state index in [0.29, 0.717) is 6.54 Å². The SMILES string of the molecule is COc1ccc(C)cc1Cn1ccc(=O)[nH]c1=O. The average molecular weight is 246 g/mol. The summed E-state index contributed by atoms with van der Waals surface area (Å²) in [5.41, 5.74) is 1.16. The largest absolute Gasteiger partial charge is 0.496 e. The number of aryl methyl sites for hydroxylation is 1. The summed E-state index contributed by atoms with van der Waals surface area (Å²) in [5.74, 6) is 0.721. The molecule has 1 aromatic carbocycles. The second-order valence-electron chi connectivity index (χ2n) is 4.05. The topological polar surface area (TPSA) is 64.1 Å². The molecule has 0 amide bonds. The van der Waals surface area contributed by atoms with Gasteiger partial charge in [-0.3, -0.25) is 14.3 Å². The number of methoxy groups -OCH3 is 1. The fourth-order valence-electron chi connectivity index (χ4n) is 1.78. The highest BCUT2D eigenvalue weighted by molar-refractivity contribution is 5.36. The Kier molecular flexibility index (Phi) is 3.32. The minimum absolute atomic E-state index is 0.362. The number of ether oxygens (including phenoxy) is 1. The Morgan fingerprint density at radius 1 is 1.28 bits per heavy atom. The maximum Gasteiger partial charge on any atom is 0.328 e. The summed E-state index contributed by atoms with van der Waals surface area (Å²) in [6.07, 6.45) is 1.48. The zero-order valence-electron chi connectivity index (χ0n) is 10.3. The van der Waals surface area contributed by atoms with Crippen LogP contribution in [0.5, 0.6) is 5.75 Å². The Bertz CT molecular complexity index is 670. The van der Waals surface area contributed by atoms with Crippen LogP contribution in [-0.2, 0) is 6.54 Å². The van der Waals surface area contributed by atoms with Crippen molar-refractivity contribution in [2.24, 2.45) is 0 Å². The number of nitrogens with one attached hydrogen (secondary N) is 1. The summed E-state index contributed by atoms with van der Waals surface area (Å²) >= 11 is 0. The smallest absolute Gasteiger partial charge is 0.328 e. The van der Waals surface area contributed by atoms with Gasteiger partial charge in [-0.25, -0.2) is 4.79 Å². The molecule has 2 rings (SSSR count). The third-order valence-corrected chi connectivity index (χ3v) is 2.67. The minimum atomic E-state index is -0.425. The van der Waals surface area contributed by atoms with Gasteiger partial charge in [0.15, 0.2) is 0 Å². The first-order chi connectivity index (χ1) is 8.60. The lowest BCUT2D eigenvalue weighted by Gasteiger charge is -2.10. The van der Waals surface area contributed by atoms with Crippen molar-refractivity contribution in [3.8, 4) is 5.75 Å². The molecule has 0 fully saturated rings. The van der Waals surface area contributed by atoms with Crippen molar-refractivity contribution in [1.82, 2.24) is 9.55 Å². The van der Waals surface area contributed by atoms with E-state index in [1.165, 1.54) is 16.8 Å². The fourth-order valence-corrected chi connectivity index (χ4v) is 1.78. The van der Waals surface area contributed by atoms with Crippen LogP contribution in [0.3, 0.4) is 0 Å². The Labute approximate surface area is 104 Å². The molecule has 0 radical (unpaired) electrons. The second-order valence-corrected chi connectivity index (χ2v) is 4.05. The van der Waals surface area contributed by atoms with E-state index in [4.69, 9.17) is 4.74 Å². The van der Waals surface area contributed by atoms with Crippen LogP contribution in [0.4, 0.5) is 0 Å². The minimum Gasteiger partial charge on any atom is -0.496 e. The van der Waals surface area contributed by atoms with E-state index in [1.807, 2.05) is 25.1 Å². The molecule has 0 aliphatic carbocycles. The van der Waals surface area contributed by atoms with Gasteiger partial charge in [0, 0.05) is 17.8 Å². The van der Waals surface area contributed by atoms with Crippen LogP contribution in [0.1, 0.15) is 11.1 Å². The lowest BCUT2D eigenvalue weighted by molar-refractivity contribution is 0.408. The van der Waals surface area contributed by atoms with Gasteiger partial charge in [-0.05, 0) is 13.0 Å². The summed E-state index contributed by atoms with van der Waals surface area (Å²) in [5, 5.41) is 0. The standard InChI is InChI=1S/C13H14N2O3/c1-9-3-4-11(18-2)10(7-9)8-15-6-5-12(16)14-13(15)17/h3-7H,8H2,1-2H3,(H,14,16,17). The first kappa shape index (κ1) is 12.2. The predicted molar refractivity (Wildman–Crippen MR) is 68.2 cm³/mol. The van der Waals surface area contributed by atoms with Crippen molar-refractivity contribution in [3.05, 3.63) is 62.4 Å². The van der Waals surface area contributed by atoms with E-state index in [2.05, 4.69) is 4.98 Å². The van der Waals surface area contributed by atoms with Crippen molar-refractivity contribution < 1.29 is 4.74 Å². The van der Waals surface area contributed by atoms with Gasteiger partial charge in [0.25, 0.3) is 5.56 Å². The molecule has 0 aliphatic rings. The Balaban J connectivity index is 2.42. The lowest BCUT2D eigenvalue weighted by atomic mass is 10.1. The number of benzene rings is 1. The Morgan fingerprint density at radius 2 is 2.06 bits per heavy atom. The highest BCUT2D eigenvalue weighted by Crippen LogP contribution is 2.19. The number of aromatic nitrogens is 2. The van der Waals surface area contributed by atoms with E-state index in [-0.39, 0.29) is 0 Å². The highest BCUT2D eigenvalue weighted by atomic mass is 16.5. The number of hydrogen-bond acceptors (Lipinski definition) is 3. The number of H-pyrrole nitrogens is 1. The maximum atomic E-state index is 11.6. The molecule has 0 bridgehead atoms. The van der Waals surface area contributed by atoms with Crippen LogP contribution in [0.15, 0.2) is 40.1 Å². The number of nitrogens with zero attached hydrogens (tertiary/aromatic N) is 1. The molecule has 2 aromatic rings. The molecule has 0 unspecified atom stereocenters. The lowest BCUT2D eigenvalue weighted by Crippen LogP contribution is -2.29. The van der Waals surface area contributed by atoms with E-state index >= 15 is 0 Å². The summed E-state index contributed by atoms with van der Waals surface area (Å²) in [4.78, 5) is 24.8. The monoisotopic (exact) mass is 246 g/mol. The third-order valence-electron chi connectivity index (χ3n) is 2.67. The summed E-state index contributed by atoms with van der Waals surface area (Å²) in [6.45, 7) is 2.33. The first-order valence-electron chi connectivity index (χ1n) is 5.53. The molecule has 18 heavy (non-hydrogen) atoms. The number of aromatic amines is 1. The van der Waals surface area contributed by atoms with E-state index in [0.717, 1.165) is 16.9 Å². The van der Waals surface area contributed by atoms with Crippen molar-refractivity contribution in [1.29, 1.82) is 0 Å². The molecule has 0 atom stereocenters. The van der Waals surface area contributed by atoms with Gasteiger partial charge < -0.3 is 4.74 Å². The van der Waals surface area contributed by atoms with Crippen molar-refractivity contribution >= 4 is 0 Å². The Hall–Kier alpha value is -2.30. The van der Waals surface area contributed by atoms with Crippen LogP contribution in [0.2, 0.25) is 0 Å². The van der Waals surface area contributed by atoms with Crippen LogP contribution in [0, 0.1) is 6.92 Å². The van der Waals surface area contributed by atoms with Crippen LogP contribution in [0.25, 0.3) is 0 Å². The van der Waals surface area contributed by atoms with Gasteiger partial charge in [0.05, 0.1) is 13.7 Å². The van der Waals surface area contributed by atoms with Crippen LogP contribution >= 0.6 is 0 Å². The number of hydrogen-bond donors (Lipinski definition) is 1. The van der Waals surface area contributed by atoms with Gasteiger partial charge in [-0.15, -0.1) is 0 Å². The van der Waals surface area contributed by atoms with Gasteiger partial charge in [-0.1, -0.05) is 17.7 Å². The van der Waals surface area contributed by atoms with Crippen molar-refractivity contribution in [3.63, 3.8) is 0 Å². The molecule has 0 aliphatic heterocycles. The number of rotatable bonds is 3. The van der Waals surface area contributed by atoms with Crippen LogP contribution < -0.4 is 16.0 Å². The summed E-state index contributed by atoms with van der Waals surface area (Å²) in [7, 11) is 1.59. The molecule has 0 saturated heterocycles. The third kappa shape index (κ3) is 2.51. The Morgan fingerprint density at radius 3 is 2.72 bits per heavy atom. The molecular weight excluding hydrogens is 232 g/mol. The van der Waals surface area contributed by atoms with Crippen LogP contribution in [-0.4, -0.2) is 16.7 Å². The quantitative estimate of drug-likeness (QED) is 0.875. The fraction of sp³-hybridized carbons (Fsp3) is 0.231. The molecule has 1 N–H and O–H groups in total. The molecule has 1 aromatic heterocycles. The molecule has 5 heteroatoms. The maximum absolute atomic E-state index is 11.6. The van der Waals surface area contributed by atoms with Gasteiger partial charge in [0.1, 0.15) is 5.75 Å². The average Bonchev–Trinajstić information content (AvgIpc) is 2.33. The normalized spacial score (nSPS) is 10.3.